The molecule has 4 atom stereocenters. The number of carbonyl (C=O) groups is 2. The van der Waals surface area contributed by atoms with Crippen LogP contribution in [-0.4, -0.2) is 64.4 Å². The Morgan fingerprint density at radius 2 is 2.03 bits per heavy atom. The number of rotatable bonds is 7. The average molecular weight is 457 g/mol. The summed E-state index contributed by atoms with van der Waals surface area (Å²) < 4.78 is 5.40. The fourth-order valence-corrected chi connectivity index (χ4v) is 6.23. The van der Waals surface area contributed by atoms with Gasteiger partial charge < -0.3 is 24.6 Å². The maximum atomic E-state index is 12.4. The molecule has 1 aromatic rings. The zero-order chi connectivity index (χ0) is 20.9. The van der Waals surface area contributed by atoms with E-state index in [1.54, 1.807) is 14.0 Å². The number of aliphatic hydroxyl groups excluding tert-OH is 1. The van der Waals surface area contributed by atoms with Crippen LogP contribution in [0, 0.1) is 11.8 Å². The molecule has 1 amide bonds. The standard InChI is InChI=1S/C21H26N2O5S.K/c1-11-17-16(12(2)24)20(25)23(17)18(21(26)27)19(11)29-14-9-22(10-14)8-13-6-4-5-7-15(13)28-3;/h4-7,11-12,14,16-17,24H,8-10H2,1-3H3,(H,26,27);/q;+1/p-1/t11-,12-,16-,17-;/m1./s1. The molecular formula is C21H25KN2O5S. The summed E-state index contributed by atoms with van der Waals surface area (Å²) in [6.07, 6.45) is -0.793. The van der Waals surface area contributed by atoms with E-state index in [9.17, 15) is 19.8 Å². The number of likely N-dealkylation sites (tertiary alicyclic amines) is 1. The topological polar surface area (TPSA) is 93.1 Å². The van der Waals surface area contributed by atoms with Gasteiger partial charge in [-0.15, -0.1) is 11.8 Å². The third-order valence-corrected chi connectivity index (χ3v) is 7.56. The first-order valence-corrected chi connectivity index (χ1v) is 10.7. The molecule has 2 saturated heterocycles. The number of aliphatic carboxylic acids is 1. The maximum Gasteiger partial charge on any atom is 1.00 e. The number of hydrogen-bond donors (Lipinski definition) is 1. The van der Waals surface area contributed by atoms with E-state index in [-0.39, 0.29) is 80.2 Å². The number of para-hydroxylation sites is 1. The van der Waals surface area contributed by atoms with Crippen molar-refractivity contribution in [2.45, 2.75) is 37.8 Å². The predicted molar refractivity (Wildman–Crippen MR) is 107 cm³/mol. The van der Waals surface area contributed by atoms with Gasteiger partial charge in [-0.3, -0.25) is 9.69 Å². The number of nitrogens with zero attached hydrogens (tertiary/aromatic N) is 2. The Hall–Kier alpha value is -0.394. The number of thioether (sulfide) groups is 1. The molecule has 2 fully saturated rings. The van der Waals surface area contributed by atoms with Gasteiger partial charge in [-0.2, -0.15) is 0 Å². The van der Waals surface area contributed by atoms with Gasteiger partial charge in [0.05, 0.1) is 36.8 Å². The fraction of sp³-hybridized carbons (Fsp3) is 0.524. The summed E-state index contributed by atoms with van der Waals surface area (Å²) in [4.78, 5) is 28.5. The molecule has 3 aliphatic heterocycles. The number of aliphatic hydroxyl groups is 1. The maximum absolute atomic E-state index is 12.4. The summed E-state index contributed by atoms with van der Waals surface area (Å²) in [5.74, 6) is -1.43. The average Bonchev–Trinajstić information content (AvgIpc) is 2.89. The van der Waals surface area contributed by atoms with Crippen LogP contribution in [0.2, 0.25) is 0 Å². The van der Waals surface area contributed by atoms with Crippen LogP contribution in [0.25, 0.3) is 0 Å². The van der Waals surface area contributed by atoms with Gasteiger partial charge in [-0.05, 0) is 13.0 Å². The van der Waals surface area contributed by atoms with Gasteiger partial charge in [-0.1, -0.05) is 25.1 Å². The van der Waals surface area contributed by atoms with Crippen LogP contribution in [0.15, 0.2) is 34.9 Å². The van der Waals surface area contributed by atoms with Crippen molar-refractivity contribution in [3.05, 3.63) is 40.4 Å². The molecule has 0 radical (unpaired) electrons. The summed E-state index contributed by atoms with van der Waals surface area (Å²) in [6.45, 7) is 5.96. The fourth-order valence-electron chi connectivity index (χ4n) is 4.65. The summed E-state index contributed by atoms with van der Waals surface area (Å²) in [6, 6.07) is 7.63. The minimum Gasteiger partial charge on any atom is -0.543 e. The number of amides is 1. The first kappa shape index (κ1) is 24.3. The second-order valence-electron chi connectivity index (χ2n) is 8.00. The van der Waals surface area contributed by atoms with Crippen molar-refractivity contribution in [1.29, 1.82) is 0 Å². The molecule has 9 heteroatoms. The Labute approximate surface area is 223 Å². The van der Waals surface area contributed by atoms with Crippen molar-refractivity contribution in [3.63, 3.8) is 0 Å². The minimum absolute atomic E-state index is 0. The number of ether oxygens (including phenoxy) is 1. The molecule has 0 aliphatic carbocycles. The minimum atomic E-state index is -1.32. The first-order chi connectivity index (χ1) is 13.8. The molecule has 156 valence electrons. The van der Waals surface area contributed by atoms with Crippen LogP contribution in [0.1, 0.15) is 19.4 Å². The van der Waals surface area contributed by atoms with Gasteiger partial charge in [0.15, 0.2) is 0 Å². The third kappa shape index (κ3) is 4.15. The number of carbonyl (C=O) groups excluding carboxylic acids is 2. The van der Waals surface area contributed by atoms with E-state index in [2.05, 4.69) is 4.90 Å². The zero-order valence-corrected chi connectivity index (χ0v) is 21.6. The molecule has 1 aromatic carbocycles. The number of benzene rings is 1. The number of fused-ring (bicyclic) bond motifs is 1. The van der Waals surface area contributed by atoms with Gasteiger partial charge >= 0.3 is 51.4 Å². The van der Waals surface area contributed by atoms with E-state index in [1.165, 1.54) is 16.7 Å². The molecule has 1 N–H and O–H groups in total. The molecule has 3 aliphatic rings. The third-order valence-electron chi connectivity index (χ3n) is 6.11. The Bertz CT molecular complexity index is 871. The Kier molecular flexibility index (Phi) is 7.78. The van der Waals surface area contributed by atoms with Crippen molar-refractivity contribution in [3.8, 4) is 5.75 Å². The summed E-state index contributed by atoms with van der Waals surface area (Å²) in [7, 11) is 1.66. The quantitative estimate of drug-likeness (QED) is 0.356. The van der Waals surface area contributed by atoms with Crippen molar-refractivity contribution in [1.82, 2.24) is 9.80 Å². The van der Waals surface area contributed by atoms with Crippen LogP contribution >= 0.6 is 11.8 Å². The Morgan fingerprint density at radius 1 is 1.37 bits per heavy atom. The Morgan fingerprint density at radius 3 is 2.63 bits per heavy atom. The van der Waals surface area contributed by atoms with E-state index in [4.69, 9.17) is 4.74 Å². The number of β-lactam (4-membered cyclic amide) rings is 1. The van der Waals surface area contributed by atoms with Crippen LogP contribution < -0.4 is 61.2 Å². The van der Waals surface area contributed by atoms with Crippen LogP contribution in [0.5, 0.6) is 5.75 Å². The van der Waals surface area contributed by atoms with Gasteiger partial charge in [0, 0.05) is 41.3 Å². The normalized spacial score (nSPS) is 27.1. The number of carboxylic acids is 1. The molecule has 4 rings (SSSR count). The molecule has 3 heterocycles. The summed E-state index contributed by atoms with van der Waals surface area (Å²) in [5, 5.41) is 22.0. The summed E-state index contributed by atoms with van der Waals surface area (Å²) >= 11 is 1.54. The van der Waals surface area contributed by atoms with Gasteiger partial charge in [0.1, 0.15) is 5.75 Å². The van der Waals surface area contributed by atoms with Crippen molar-refractivity contribution in [2.24, 2.45) is 11.8 Å². The van der Waals surface area contributed by atoms with Crippen LogP contribution in [-0.2, 0) is 16.1 Å². The molecule has 30 heavy (non-hydrogen) atoms. The monoisotopic (exact) mass is 456 g/mol. The van der Waals surface area contributed by atoms with E-state index in [0.29, 0.717) is 4.91 Å². The van der Waals surface area contributed by atoms with Crippen molar-refractivity contribution < 1.29 is 75.9 Å². The SMILES string of the molecule is COc1ccccc1CN1CC(SC2=C(C(=O)[O-])N3C(=O)[C@H]([C@@H](C)O)[C@H]3[C@H]2C)C1.[K+]. The molecule has 0 spiro atoms. The number of carboxylic acid groups (broad SMARTS) is 1. The number of hydrogen-bond acceptors (Lipinski definition) is 7. The van der Waals surface area contributed by atoms with Crippen LogP contribution in [0.3, 0.4) is 0 Å². The smallest absolute Gasteiger partial charge is 0.543 e. The molecule has 0 saturated carbocycles. The first-order valence-electron chi connectivity index (χ1n) is 9.81. The van der Waals surface area contributed by atoms with Gasteiger partial charge in [-0.25, -0.2) is 0 Å². The van der Waals surface area contributed by atoms with E-state index in [0.717, 1.165) is 30.9 Å². The van der Waals surface area contributed by atoms with Gasteiger partial charge in [0.25, 0.3) is 0 Å². The Balaban J connectivity index is 0.00000256. The largest absolute Gasteiger partial charge is 1.00 e. The number of methoxy groups -OCH3 is 1. The van der Waals surface area contributed by atoms with Gasteiger partial charge in [0.2, 0.25) is 5.91 Å². The second-order valence-corrected chi connectivity index (χ2v) is 9.34. The second kappa shape index (κ2) is 9.62. The van der Waals surface area contributed by atoms with Crippen molar-refractivity contribution in [2.75, 3.05) is 20.2 Å². The molecule has 0 unspecified atom stereocenters. The van der Waals surface area contributed by atoms with E-state index in [1.807, 2.05) is 31.2 Å². The zero-order valence-electron chi connectivity index (χ0n) is 17.7. The molecule has 0 aromatic heterocycles. The summed E-state index contributed by atoms with van der Waals surface area (Å²) in [5.41, 5.74) is 1.12. The molecular weight excluding hydrogens is 431 g/mol. The molecule has 7 nitrogen and oxygen atoms in total. The predicted octanol–water partition coefficient (Wildman–Crippen LogP) is -2.56. The molecule has 0 bridgehead atoms. The van der Waals surface area contributed by atoms with Crippen molar-refractivity contribution >= 4 is 23.6 Å². The van der Waals surface area contributed by atoms with E-state index < -0.39 is 18.0 Å². The van der Waals surface area contributed by atoms with E-state index >= 15 is 0 Å². The van der Waals surface area contributed by atoms with Crippen LogP contribution in [0.4, 0.5) is 0 Å².